The zero-order chi connectivity index (χ0) is 16.6. The van der Waals surface area contributed by atoms with E-state index >= 15 is 0 Å². The number of halogens is 2. The number of carbonyl (C=O) groups excluding carboxylic acids is 1. The summed E-state index contributed by atoms with van der Waals surface area (Å²) >= 11 is 12.7. The van der Waals surface area contributed by atoms with Crippen LogP contribution in [-0.2, 0) is 6.42 Å². The third-order valence-corrected chi connectivity index (χ3v) is 6.62. The van der Waals surface area contributed by atoms with Crippen LogP contribution in [0.1, 0.15) is 67.8 Å². The van der Waals surface area contributed by atoms with Gasteiger partial charge in [-0.3, -0.25) is 4.79 Å². The number of Topliss-reactive ketones (excluding diaryl/α,β-unsaturated/α-hetero) is 1. The number of fused-ring (bicyclic) bond motifs is 1. The van der Waals surface area contributed by atoms with Gasteiger partial charge in [0.2, 0.25) is 0 Å². The highest BCUT2D eigenvalue weighted by Gasteiger charge is 2.51. The average Bonchev–Trinajstić information content (AvgIpc) is 3.17. The molecule has 2 nitrogen and oxygen atoms in total. The summed E-state index contributed by atoms with van der Waals surface area (Å²) in [5, 5.41) is 0.737. The van der Waals surface area contributed by atoms with E-state index in [0.717, 1.165) is 44.1 Å². The monoisotopic (exact) mass is 354 g/mol. The second-order valence-corrected chi connectivity index (χ2v) is 7.74. The number of unbranched alkanes of at least 4 members (excludes halogenated alkanes) is 1. The zero-order valence-corrected chi connectivity index (χ0v) is 15.4. The quantitative estimate of drug-likeness (QED) is 0.637. The molecule has 0 saturated heterocycles. The number of rotatable bonds is 5. The second kappa shape index (κ2) is 6.64. The van der Waals surface area contributed by atoms with Crippen molar-refractivity contribution < 1.29 is 9.53 Å². The Morgan fingerprint density at radius 2 is 1.96 bits per heavy atom. The highest BCUT2D eigenvalue weighted by atomic mass is 35.5. The van der Waals surface area contributed by atoms with Gasteiger partial charge in [-0.2, -0.15) is 0 Å². The van der Waals surface area contributed by atoms with E-state index in [1.165, 1.54) is 12.8 Å². The van der Waals surface area contributed by atoms with Crippen molar-refractivity contribution in [2.75, 3.05) is 7.11 Å². The molecule has 0 bridgehead atoms. The van der Waals surface area contributed by atoms with E-state index in [2.05, 4.69) is 6.92 Å². The van der Waals surface area contributed by atoms with Gasteiger partial charge in [-0.25, -0.2) is 0 Å². The number of hydrogen-bond donors (Lipinski definition) is 0. The van der Waals surface area contributed by atoms with Gasteiger partial charge in [-0.05, 0) is 43.2 Å². The van der Waals surface area contributed by atoms with Crippen molar-refractivity contribution in [3.63, 3.8) is 0 Å². The molecule has 126 valence electrons. The first-order chi connectivity index (χ1) is 11.0. The number of benzene rings is 1. The first kappa shape index (κ1) is 17.1. The molecule has 0 spiro atoms. The van der Waals surface area contributed by atoms with E-state index in [4.69, 9.17) is 27.9 Å². The minimum Gasteiger partial charge on any atom is -0.495 e. The fourth-order valence-corrected chi connectivity index (χ4v) is 5.09. The van der Waals surface area contributed by atoms with Crippen LogP contribution >= 0.6 is 23.2 Å². The number of ether oxygens (including phenoxy) is 1. The molecule has 2 aliphatic rings. The van der Waals surface area contributed by atoms with Crippen LogP contribution < -0.4 is 4.74 Å². The fraction of sp³-hybridized carbons (Fsp3) is 0.632. The molecule has 3 rings (SSSR count). The molecule has 0 amide bonds. The normalized spacial score (nSPS) is 24.3. The van der Waals surface area contributed by atoms with E-state index in [0.29, 0.717) is 27.3 Å². The Morgan fingerprint density at radius 1 is 1.26 bits per heavy atom. The van der Waals surface area contributed by atoms with Gasteiger partial charge in [0.25, 0.3) is 0 Å². The van der Waals surface area contributed by atoms with Gasteiger partial charge in [0.1, 0.15) is 10.8 Å². The predicted molar refractivity (Wildman–Crippen MR) is 95.0 cm³/mol. The van der Waals surface area contributed by atoms with Crippen molar-refractivity contribution >= 4 is 29.0 Å². The zero-order valence-electron chi connectivity index (χ0n) is 13.9. The van der Waals surface area contributed by atoms with Crippen molar-refractivity contribution in [1.82, 2.24) is 0 Å². The van der Waals surface area contributed by atoms with Crippen LogP contribution in [0.2, 0.25) is 10.0 Å². The Labute approximate surface area is 148 Å². The summed E-state index contributed by atoms with van der Waals surface area (Å²) in [5.74, 6) is 1.28. The minimum absolute atomic E-state index is 0.224. The Hall–Kier alpha value is -0.730. The molecule has 2 aliphatic carbocycles. The first-order valence-corrected chi connectivity index (χ1v) is 9.40. The highest BCUT2D eigenvalue weighted by molar-refractivity contribution is 6.45. The minimum atomic E-state index is -0.270. The lowest BCUT2D eigenvalue weighted by atomic mass is 9.68. The summed E-state index contributed by atoms with van der Waals surface area (Å²) in [6, 6.07) is 1.92. The van der Waals surface area contributed by atoms with E-state index < -0.39 is 0 Å². The average molecular weight is 355 g/mol. The molecule has 1 atom stereocenters. The van der Waals surface area contributed by atoms with Gasteiger partial charge in [0.15, 0.2) is 5.78 Å². The van der Waals surface area contributed by atoms with Crippen LogP contribution in [0.5, 0.6) is 5.75 Å². The molecular weight excluding hydrogens is 331 g/mol. The van der Waals surface area contributed by atoms with E-state index in [1.807, 2.05) is 6.07 Å². The van der Waals surface area contributed by atoms with Crippen LogP contribution in [0.3, 0.4) is 0 Å². The van der Waals surface area contributed by atoms with Gasteiger partial charge in [0.05, 0.1) is 12.1 Å². The molecule has 1 unspecified atom stereocenters. The number of ketones is 1. The summed E-state index contributed by atoms with van der Waals surface area (Å²) in [7, 11) is 1.59. The SMILES string of the molecule is CCCCC1(C2CCCC2)Cc2cc(OC)c(Cl)c(Cl)c2C1=O. The molecule has 1 fully saturated rings. The van der Waals surface area contributed by atoms with E-state index in [9.17, 15) is 4.79 Å². The van der Waals surface area contributed by atoms with Gasteiger partial charge in [-0.15, -0.1) is 0 Å². The van der Waals surface area contributed by atoms with Crippen molar-refractivity contribution in [2.24, 2.45) is 11.3 Å². The lowest BCUT2D eigenvalue weighted by Crippen LogP contribution is -2.35. The van der Waals surface area contributed by atoms with Gasteiger partial charge in [-0.1, -0.05) is 55.8 Å². The standard InChI is InChI=1S/C19H24Cl2O2/c1-3-4-9-19(13-7-5-6-8-13)11-12-10-14(23-2)16(20)17(21)15(12)18(19)22/h10,13H,3-9,11H2,1-2H3. The molecule has 0 aliphatic heterocycles. The van der Waals surface area contributed by atoms with Gasteiger partial charge in [0, 0.05) is 11.0 Å². The summed E-state index contributed by atoms with van der Waals surface area (Å²) in [5.41, 5.74) is 1.40. The number of carbonyl (C=O) groups is 1. The molecule has 0 N–H and O–H groups in total. The Bertz CT molecular complexity index is 620. The van der Waals surface area contributed by atoms with Crippen LogP contribution in [-0.4, -0.2) is 12.9 Å². The Kier molecular flexibility index (Phi) is 4.94. The first-order valence-electron chi connectivity index (χ1n) is 8.64. The molecule has 0 heterocycles. The maximum absolute atomic E-state index is 13.4. The molecule has 0 aromatic heterocycles. The lowest BCUT2D eigenvalue weighted by Gasteiger charge is -2.34. The van der Waals surface area contributed by atoms with E-state index in [-0.39, 0.29) is 11.2 Å². The summed E-state index contributed by atoms with van der Waals surface area (Å²) in [4.78, 5) is 13.4. The molecule has 0 radical (unpaired) electrons. The molecular formula is C19H24Cl2O2. The van der Waals surface area contributed by atoms with Crippen LogP contribution in [0.4, 0.5) is 0 Å². The number of hydrogen-bond acceptors (Lipinski definition) is 2. The third-order valence-electron chi connectivity index (χ3n) is 5.77. The summed E-state index contributed by atoms with van der Waals surface area (Å²) in [6.07, 6.45) is 8.73. The van der Waals surface area contributed by atoms with Crippen molar-refractivity contribution in [1.29, 1.82) is 0 Å². The molecule has 4 heteroatoms. The van der Waals surface area contributed by atoms with Crippen molar-refractivity contribution in [2.45, 2.75) is 58.3 Å². The Morgan fingerprint density at radius 3 is 2.57 bits per heavy atom. The topological polar surface area (TPSA) is 26.3 Å². The Balaban J connectivity index is 2.07. The largest absolute Gasteiger partial charge is 0.495 e. The molecule has 1 aromatic rings. The maximum Gasteiger partial charge on any atom is 0.171 e. The van der Waals surface area contributed by atoms with Gasteiger partial charge < -0.3 is 4.74 Å². The summed E-state index contributed by atoms with van der Waals surface area (Å²) < 4.78 is 5.33. The van der Waals surface area contributed by atoms with Crippen LogP contribution in [0.15, 0.2) is 6.07 Å². The highest BCUT2D eigenvalue weighted by Crippen LogP contribution is 2.54. The number of methoxy groups -OCH3 is 1. The van der Waals surface area contributed by atoms with Gasteiger partial charge >= 0.3 is 0 Å². The van der Waals surface area contributed by atoms with E-state index in [1.54, 1.807) is 7.11 Å². The van der Waals surface area contributed by atoms with Crippen molar-refractivity contribution in [3.05, 3.63) is 27.2 Å². The summed E-state index contributed by atoms with van der Waals surface area (Å²) in [6.45, 7) is 2.18. The molecule has 1 saturated carbocycles. The lowest BCUT2D eigenvalue weighted by molar-refractivity contribution is 0.0671. The smallest absolute Gasteiger partial charge is 0.171 e. The molecule has 1 aromatic carbocycles. The molecule has 23 heavy (non-hydrogen) atoms. The maximum atomic E-state index is 13.4. The van der Waals surface area contributed by atoms with Crippen LogP contribution in [0, 0.1) is 11.3 Å². The third kappa shape index (κ3) is 2.68. The second-order valence-electron chi connectivity index (χ2n) is 6.99. The van der Waals surface area contributed by atoms with Crippen LogP contribution in [0.25, 0.3) is 0 Å². The van der Waals surface area contributed by atoms with Crippen molar-refractivity contribution in [3.8, 4) is 5.75 Å². The predicted octanol–water partition coefficient (Wildman–Crippen LogP) is 6.11. The fourth-order valence-electron chi connectivity index (χ4n) is 4.56.